The third-order valence-corrected chi connectivity index (χ3v) is 6.93. The van der Waals surface area contributed by atoms with Crippen LogP contribution in [-0.2, 0) is 24.2 Å². The summed E-state index contributed by atoms with van der Waals surface area (Å²) >= 11 is 1.60. The number of hydrazine groups is 1. The van der Waals surface area contributed by atoms with Gasteiger partial charge in [0.1, 0.15) is 10.5 Å². The lowest BCUT2D eigenvalue weighted by atomic mass is 9.97. The van der Waals surface area contributed by atoms with E-state index in [0.29, 0.717) is 11.1 Å². The molecule has 1 aromatic carbocycles. The lowest BCUT2D eigenvalue weighted by Crippen LogP contribution is -2.42. The van der Waals surface area contributed by atoms with Gasteiger partial charge < -0.3 is 0 Å². The Hall–Kier alpha value is -3.79. The van der Waals surface area contributed by atoms with Crippen molar-refractivity contribution < 1.29 is 9.59 Å². The maximum Gasteiger partial charge on any atom is 0.287 e. The number of carbonyl (C=O) groups is 2. The number of aryl methyl sites for hydroxylation is 3. The Morgan fingerprint density at radius 1 is 1.12 bits per heavy atom. The highest BCUT2D eigenvalue weighted by atomic mass is 32.1. The number of rotatable bonds is 5. The van der Waals surface area contributed by atoms with Gasteiger partial charge in [0.15, 0.2) is 0 Å². The minimum absolute atomic E-state index is 0.0257. The van der Waals surface area contributed by atoms with Crippen molar-refractivity contribution >= 4 is 33.4 Å². The van der Waals surface area contributed by atoms with Crippen molar-refractivity contribution in [3.63, 3.8) is 0 Å². The quantitative estimate of drug-likeness (QED) is 0.394. The second-order valence-electron chi connectivity index (χ2n) is 7.92. The number of aromatic amines is 1. The molecule has 33 heavy (non-hydrogen) atoms. The number of nitrogens with zero attached hydrogens (tertiary/aromatic N) is 3. The van der Waals surface area contributed by atoms with Crippen molar-refractivity contribution in [2.24, 2.45) is 0 Å². The Morgan fingerprint density at radius 3 is 2.79 bits per heavy atom. The van der Waals surface area contributed by atoms with E-state index < -0.39 is 11.8 Å². The lowest BCUT2D eigenvalue weighted by molar-refractivity contribution is -0.122. The molecular weight excluding hydrogens is 440 g/mol. The number of amides is 2. The molecule has 0 bridgehead atoms. The molecule has 0 aliphatic heterocycles. The summed E-state index contributed by atoms with van der Waals surface area (Å²) in [7, 11) is 0. The van der Waals surface area contributed by atoms with Crippen LogP contribution in [0.3, 0.4) is 0 Å². The number of nitrogens with one attached hydrogen (secondary N) is 3. The molecule has 5 rings (SSSR count). The van der Waals surface area contributed by atoms with Gasteiger partial charge in [0.25, 0.3) is 11.5 Å². The first-order chi connectivity index (χ1) is 16.1. The molecule has 168 valence electrons. The summed E-state index contributed by atoms with van der Waals surface area (Å²) in [5.74, 6) is -0.923. The van der Waals surface area contributed by atoms with Crippen molar-refractivity contribution in [3.05, 3.63) is 69.2 Å². The highest BCUT2D eigenvalue weighted by molar-refractivity contribution is 7.18. The van der Waals surface area contributed by atoms with Crippen LogP contribution < -0.4 is 16.4 Å². The van der Waals surface area contributed by atoms with Crippen LogP contribution in [0, 0.1) is 0 Å². The van der Waals surface area contributed by atoms with Gasteiger partial charge in [0.2, 0.25) is 5.91 Å². The third-order valence-electron chi connectivity index (χ3n) is 5.73. The van der Waals surface area contributed by atoms with Crippen LogP contribution in [-0.4, -0.2) is 31.6 Å². The molecule has 3 aromatic heterocycles. The van der Waals surface area contributed by atoms with Crippen LogP contribution in [0.25, 0.3) is 21.5 Å². The topological polar surface area (TPSA) is 122 Å². The van der Waals surface area contributed by atoms with Crippen LogP contribution in [0.15, 0.2) is 47.5 Å². The highest BCUT2D eigenvalue weighted by Gasteiger charge is 2.20. The van der Waals surface area contributed by atoms with Crippen molar-refractivity contribution in [1.82, 2.24) is 30.6 Å². The van der Waals surface area contributed by atoms with E-state index >= 15 is 0 Å². The molecule has 1 aliphatic carbocycles. The molecule has 9 nitrogen and oxygen atoms in total. The van der Waals surface area contributed by atoms with Crippen LogP contribution in [0.2, 0.25) is 0 Å². The average Bonchev–Trinajstić information content (AvgIpc) is 3.48. The SMILES string of the molecule is O=C(CCn1cnc2sc3c(c2c1=O)CCCC3)NNC(=O)c1cc(-c2ccccc2)n[nH]1. The molecule has 10 heteroatoms. The van der Waals surface area contributed by atoms with Crippen molar-refractivity contribution in [3.8, 4) is 11.3 Å². The number of carbonyl (C=O) groups excluding carboxylic acids is 2. The van der Waals surface area contributed by atoms with Crippen molar-refractivity contribution in [2.45, 2.75) is 38.6 Å². The Balaban J connectivity index is 1.19. The summed E-state index contributed by atoms with van der Waals surface area (Å²) in [5, 5.41) is 7.49. The number of hydrogen-bond acceptors (Lipinski definition) is 6. The highest BCUT2D eigenvalue weighted by Crippen LogP contribution is 2.33. The molecule has 0 unspecified atom stereocenters. The number of benzene rings is 1. The Bertz CT molecular complexity index is 1390. The molecule has 0 saturated carbocycles. The van der Waals surface area contributed by atoms with E-state index in [0.717, 1.165) is 41.6 Å². The maximum absolute atomic E-state index is 13.0. The van der Waals surface area contributed by atoms with Crippen molar-refractivity contribution in [2.75, 3.05) is 0 Å². The van der Waals surface area contributed by atoms with Gasteiger partial charge >= 0.3 is 0 Å². The molecular formula is C23H22N6O3S. The summed E-state index contributed by atoms with van der Waals surface area (Å²) in [6.45, 7) is 0.177. The fraction of sp³-hybridized carbons (Fsp3) is 0.261. The van der Waals surface area contributed by atoms with Crippen LogP contribution >= 0.6 is 11.3 Å². The average molecular weight is 463 g/mol. The molecule has 0 saturated heterocycles. The van der Waals surface area contributed by atoms with Gasteiger partial charge in [-0.25, -0.2) is 4.98 Å². The second kappa shape index (κ2) is 8.99. The number of fused-ring (bicyclic) bond motifs is 3. The smallest absolute Gasteiger partial charge is 0.287 e. The third kappa shape index (κ3) is 4.29. The zero-order valence-corrected chi connectivity index (χ0v) is 18.6. The monoisotopic (exact) mass is 462 g/mol. The van der Waals surface area contributed by atoms with Crippen LogP contribution in [0.1, 0.15) is 40.2 Å². The number of aromatic nitrogens is 4. The molecule has 0 radical (unpaired) electrons. The standard InChI is InChI=1S/C23H22N6O3S/c30-19(27-28-21(31)17-12-16(25-26-17)14-6-2-1-3-7-14)10-11-29-13-24-22-20(23(29)32)15-8-4-5-9-18(15)33-22/h1-3,6-7,12-13H,4-5,8-11H2,(H,25,26)(H,27,30)(H,28,31). The van der Waals surface area contributed by atoms with Gasteiger partial charge in [-0.3, -0.25) is 34.9 Å². The van der Waals surface area contributed by atoms with E-state index in [1.807, 2.05) is 30.3 Å². The minimum atomic E-state index is -0.511. The number of H-pyrrole nitrogens is 1. The Labute approximate surface area is 192 Å². The first-order valence-corrected chi connectivity index (χ1v) is 11.6. The van der Waals surface area contributed by atoms with Crippen molar-refractivity contribution in [1.29, 1.82) is 0 Å². The summed E-state index contributed by atoms with van der Waals surface area (Å²) < 4.78 is 1.46. The maximum atomic E-state index is 13.0. The van der Waals surface area contributed by atoms with Gasteiger partial charge in [-0.1, -0.05) is 30.3 Å². The predicted molar refractivity (Wildman–Crippen MR) is 125 cm³/mol. The fourth-order valence-corrected chi connectivity index (χ4v) is 5.23. The van der Waals surface area contributed by atoms with Gasteiger partial charge in [-0.05, 0) is 37.3 Å². The minimum Gasteiger partial charge on any atom is -0.298 e. The van der Waals surface area contributed by atoms with Crippen LogP contribution in [0.5, 0.6) is 0 Å². The summed E-state index contributed by atoms with van der Waals surface area (Å²) in [5.41, 5.74) is 7.50. The molecule has 0 atom stereocenters. The van der Waals surface area contributed by atoms with E-state index in [1.54, 1.807) is 17.4 Å². The molecule has 4 aromatic rings. The molecule has 3 N–H and O–H groups in total. The molecule has 0 spiro atoms. The Kier molecular flexibility index (Phi) is 5.74. The summed E-state index contributed by atoms with van der Waals surface area (Å²) in [6, 6.07) is 11.1. The first kappa shape index (κ1) is 21.1. The van der Waals surface area contributed by atoms with E-state index in [4.69, 9.17) is 0 Å². The Morgan fingerprint density at radius 2 is 1.94 bits per heavy atom. The molecule has 3 heterocycles. The van der Waals surface area contributed by atoms with E-state index in [9.17, 15) is 14.4 Å². The number of hydrogen-bond donors (Lipinski definition) is 3. The van der Waals surface area contributed by atoms with Crippen LogP contribution in [0.4, 0.5) is 0 Å². The predicted octanol–water partition coefficient (Wildman–Crippen LogP) is 2.58. The molecule has 1 aliphatic rings. The van der Waals surface area contributed by atoms with E-state index in [1.165, 1.54) is 15.8 Å². The van der Waals surface area contributed by atoms with Gasteiger partial charge in [-0.15, -0.1) is 11.3 Å². The summed E-state index contributed by atoms with van der Waals surface area (Å²) in [6.07, 6.45) is 5.65. The summed E-state index contributed by atoms with van der Waals surface area (Å²) in [4.78, 5) is 44.0. The van der Waals surface area contributed by atoms with E-state index in [-0.39, 0.29) is 24.2 Å². The largest absolute Gasteiger partial charge is 0.298 e. The molecule has 2 amide bonds. The second-order valence-corrected chi connectivity index (χ2v) is 9.00. The van der Waals surface area contributed by atoms with Gasteiger partial charge in [-0.2, -0.15) is 5.10 Å². The lowest BCUT2D eigenvalue weighted by Gasteiger charge is -2.10. The number of thiophene rings is 1. The fourth-order valence-electron chi connectivity index (χ4n) is 4.01. The van der Waals surface area contributed by atoms with E-state index in [2.05, 4.69) is 26.0 Å². The molecule has 0 fully saturated rings. The zero-order chi connectivity index (χ0) is 22.8. The van der Waals surface area contributed by atoms with Gasteiger partial charge in [0, 0.05) is 23.4 Å². The first-order valence-electron chi connectivity index (χ1n) is 10.8. The normalized spacial score (nSPS) is 13.0. The zero-order valence-electron chi connectivity index (χ0n) is 17.8. The van der Waals surface area contributed by atoms with Gasteiger partial charge in [0.05, 0.1) is 17.4 Å².